The lowest BCUT2D eigenvalue weighted by Crippen LogP contribution is -2.10. The fourth-order valence-electron chi connectivity index (χ4n) is 4.00. The first-order valence-electron chi connectivity index (χ1n) is 10.6. The fraction of sp³-hybridized carbons (Fsp3) is 0.192. The molecule has 160 valence electrons. The molecule has 3 aromatic carbocycles. The third-order valence-electron chi connectivity index (χ3n) is 5.73. The molecular weight excluding hydrogens is 418 g/mol. The van der Waals surface area contributed by atoms with Crippen LogP contribution in [-0.2, 0) is 5.41 Å². The summed E-state index contributed by atoms with van der Waals surface area (Å²) < 4.78 is 1.97. The molecule has 0 radical (unpaired) electrons. The number of fused-ring (bicyclic) bond motifs is 3. The molecule has 0 unspecified atom stereocenters. The van der Waals surface area contributed by atoms with Gasteiger partial charge in [0.1, 0.15) is 5.82 Å². The van der Waals surface area contributed by atoms with Gasteiger partial charge >= 0.3 is 0 Å². The Morgan fingerprint density at radius 3 is 2.31 bits per heavy atom. The van der Waals surface area contributed by atoms with Crippen molar-refractivity contribution in [2.45, 2.75) is 26.2 Å². The minimum atomic E-state index is 0.0890. The van der Waals surface area contributed by atoms with Gasteiger partial charge in [0, 0.05) is 23.0 Å². The van der Waals surface area contributed by atoms with Crippen LogP contribution < -0.4 is 5.32 Å². The third kappa shape index (κ3) is 3.49. The second-order valence-electron chi connectivity index (χ2n) is 8.94. The van der Waals surface area contributed by atoms with Gasteiger partial charge in [-0.1, -0.05) is 74.8 Å². The summed E-state index contributed by atoms with van der Waals surface area (Å²) >= 11 is 6.34. The summed E-state index contributed by atoms with van der Waals surface area (Å²) in [4.78, 5) is 4.65. The van der Waals surface area contributed by atoms with Crippen molar-refractivity contribution in [2.75, 3.05) is 12.4 Å². The zero-order chi connectivity index (χ0) is 22.5. The molecule has 1 N–H and O–H groups in total. The molecule has 0 amide bonds. The molecule has 0 bridgehead atoms. The smallest absolute Gasteiger partial charge is 0.257 e. The number of hydrogen-bond acceptors (Lipinski definition) is 4. The van der Waals surface area contributed by atoms with E-state index in [0.29, 0.717) is 10.8 Å². The first-order chi connectivity index (χ1) is 15.3. The Balaban J connectivity index is 1.70. The highest BCUT2D eigenvalue weighted by Crippen LogP contribution is 2.32. The molecule has 0 fully saturated rings. The van der Waals surface area contributed by atoms with E-state index in [4.69, 9.17) is 11.6 Å². The summed E-state index contributed by atoms with van der Waals surface area (Å²) in [6, 6.07) is 22.9. The maximum atomic E-state index is 6.34. The molecule has 2 heterocycles. The van der Waals surface area contributed by atoms with E-state index in [1.165, 1.54) is 11.1 Å². The number of nitrogens with zero attached hydrogens (tertiary/aromatic N) is 4. The number of benzene rings is 3. The number of aromatic nitrogens is 4. The summed E-state index contributed by atoms with van der Waals surface area (Å²) in [5.41, 5.74) is 5.58. The lowest BCUT2D eigenvalue weighted by atomic mass is 9.85. The van der Waals surface area contributed by atoms with E-state index >= 15 is 0 Å². The first-order valence-corrected chi connectivity index (χ1v) is 11.0. The van der Waals surface area contributed by atoms with Gasteiger partial charge in [-0.15, -0.1) is 10.2 Å². The van der Waals surface area contributed by atoms with Crippen molar-refractivity contribution in [3.8, 4) is 22.5 Å². The molecule has 0 atom stereocenters. The van der Waals surface area contributed by atoms with Gasteiger partial charge in [0.15, 0.2) is 5.82 Å². The van der Waals surface area contributed by atoms with Crippen LogP contribution in [0.25, 0.3) is 39.2 Å². The van der Waals surface area contributed by atoms with Crippen LogP contribution in [-0.4, -0.2) is 26.6 Å². The summed E-state index contributed by atoms with van der Waals surface area (Å²) in [6.45, 7) is 6.69. The van der Waals surface area contributed by atoms with Gasteiger partial charge in [-0.25, -0.2) is 0 Å². The molecule has 5 nitrogen and oxygen atoms in total. The maximum Gasteiger partial charge on any atom is 0.257 e. The zero-order valence-electron chi connectivity index (χ0n) is 18.5. The molecule has 0 spiro atoms. The van der Waals surface area contributed by atoms with Crippen LogP contribution in [0.2, 0.25) is 5.02 Å². The second kappa shape index (κ2) is 7.61. The molecule has 5 aromatic rings. The summed E-state index contributed by atoms with van der Waals surface area (Å²) in [5, 5.41) is 13.6. The van der Waals surface area contributed by atoms with Crippen molar-refractivity contribution in [1.29, 1.82) is 0 Å². The lowest BCUT2D eigenvalue weighted by Gasteiger charge is -2.20. The summed E-state index contributed by atoms with van der Waals surface area (Å²) in [5.74, 6) is 2.01. The van der Waals surface area contributed by atoms with Crippen LogP contribution in [0.1, 0.15) is 26.3 Å². The van der Waals surface area contributed by atoms with Crippen molar-refractivity contribution in [3.05, 3.63) is 77.3 Å². The van der Waals surface area contributed by atoms with Crippen molar-refractivity contribution in [2.24, 2.45) is 0 Å². The van der Waals surface area contributed by atoms with E-state index in [-0.39, 0.29) is 5.41 Å². The first kappa shape index (κ1) is 20.5. The molecule has 0 aliphatic carbocycles. The highest BCUT2D eigenvalue weighted by molar-refractivity contribution is 6.31. The third-order valence-corrected chi connectivity index (χ3v) is 5.97. The molecule has 2 aromatic heterocycles. The zero-order valence-corrected chi connectivity index (χ0v) is 19.3. The van der Waals surface area contributed by atoms with E-state index in [1.54, 1.807) is 0 Å². The Bertz CT molecular complexity index is 1460. The average molecular weight is 442 g/mol. The normalized spacial score (nSPS) is 11.9. The molecule has 32 heavy (non-hydrogen) atoms. The van der Waals surface area contributed by atoms with Crippen molar-refractivity contribution in [1.82, 2.24) is 19.6 Å². The van der Waals surface area contributed by atoms with Crippen LogP contribution in [0.3, 0.4) is 0 Å². The van der Waals surface area contributed by atoms with E-state index in [0.717, 1.165) is 33.7 Å². The van der Waals surface area contributed by atoms with Crippen LogP contribution in [0.5, 0.6) is 0 Å². The van der Waals surface area contributed by atoms with E-state index in [2.05, 4.69) is 89.8 Å². The highest BCUT2D eigenvalue weighted by Gasteiger charge is 2.17. The monoisotopic (exact) mass is 441 g/mol. The van der Waals surface area contributed by atoms with Gasteiger partial charge in [0.25, 0.3) is 5.78 Å². The van der Waals surface area contributed by atoms with Gasteiger partial charge in [0.2, 0.25) is 0 Å². The Morgan fingerprint density at radius 1 is 0.844 bits per heavy atom. The van der Waals surface area contributed by atoms with E-state index in [9.17, 15) is 0 Å². The molecule has 5 rings (SSSR count). The molecule has 0 saturated carbocycles. The Labute approximate surface area is 192 Å². The predicted molar refractivity (Wildman–Crippen MR) is 132 cm³/mol. The SMILES string of the molecule is CNc1nc2nnc(-c3cccc(-c4cccc(C(C)(C)C)c4)c3)n2c2cc(Cl)ccc12. The van der Waals surface area contributed by atoms with Crippen molar-refractivity contribution < 1.29 is 0 Å². The van der Waals surface area contributed by atoms with Gasteiger partial charge in [-0.3, -0.25) is 4.40 Å². The molecule has 0 aliphatic rings. The predicted octanol–water partition coefficient (Wildman–Crippen LogP) is 6.60. The van der Waals surface area contributed by atoms with Crippen LogP contribution >= 0.6 is 11.6 Å². The number of rotatable bonds is 3. The molecule has 0 aliphatic heterocycles. The minimum Gasteiger partial charge on any atom is -0.372 e. The second-order valence-corrected chi connectivity index (χ2v) is 9.38. The number of nitrogens with one attached hydrogen (secondary N) is 1. The summed E-state index contributed by atoms with van der Waals surface area (Å²) in [7, 11) is 1.85. The van der Waals surface area contributed by atoms with Crippen LogP contribution in [0, 0.1) is 0 Å². The van der Waals surface area contributed by atoms with Gasteiger partial charge in [-0.05, 0) is 46.4 Å². The van der Waals surface area contributed by atoms with Gasteiger partial charge in [-0.2, -0.15) is 4.98 Å². The minimum absolute atomic E-state index is 0.0890. The molecular formula is C26H24ClN5. The highest BCUT2D eigenvalue weighted by atomic mass is 35.5. The average Bonchev–Trinajstić information content (AvgIpc) is 3.22. The fourth-order valence-corrected chi connectivity index (χ4v) is 4.17. The van der Waals surface area contributed by atoms with Gasteiger partial charge in [0.05, 0.1) is 5.52 Å². The number of halogens is 1. The maximum absolute atomic E-state index is 6.34. The quantitative estimate of drug-likeness (QED) is 0.342. The summed E-state index contributed by atoms with van der Waals surface area (Å²) in [6.07, 6.45) is 0. The number of anilines is 1. The van der Waals surface area contributed by atoms with Gasteiger partial charge < -0.3 is 5.32 Å². The standard InChI is InChI=1S/C26H24ClN5/c1-26(2,3)19-10-6-8-17(14-19)16-7-5-9-18(13-16)24-30-31-25-29-23(28-4)21-12-11-20(27)15-22(21)32(24)25/h5-15H,1-4H3,(H,28,29,31). The largest absolute Gasteiger partial charge is 0.372 e. The number of hydrogen-bond donors (Lipinski definition) is 1. The van der Waals surface area contributed by atoms with Crippen molar-refractivity contribution >= 4 is 34.1 Å². The Morgan fingerprint density at radius 2 is 1.56 bits per heavy atom. The molecule has 0 saturated heterocycles. The van der Waals surface area contributed by atoms with Crippen molar-refractivity contribution in [3.63, 3.8) is 0 Å². The van der Waals surface area contributed by atoms with E-state index in [1.807, 2.05) is 29.6 Å². The van der Waals surface area contributed by atoms with Crippen LogP contribution in [0.15, 0.2) is 66.7 Å². The van der Waals surface area contributed by atoms with Crippen LogP contribution in [0.4, 0.5) is 5.82 Å². The Hall–Kier alpha value is -3.44. The molecule has 6 heteroatoms. The Kier molecular flexibility index (Phi) is 4.86. The lowest BCUT2D eigenvalue weighted by molar-refractivity contribution is 0.590. The topological polar surface area (TPSA) is 55.1 Å². The van der Waals surface area contributed by atoms with E-state index < -0.39 is 0 Å².